The van der Waals surface area contributed by atoms with Gasteiger partial charge in [-0.05, 0) is 68.5 Å². The predicted molar refractivity (Wildman–Crippen MR) is 155 cm³/mol. The van der Waals surface area contributed by atoms with Crippen molar-refractivity contribution in [2.45, 2.75) is 12.8 Å². The molecule has 1 aromatic heterocycles. The van der Waals surface area contributed by atoms with Crippen LogP contribution in [0.1, 0.15) is 23.1 Å². The van der Waals surface area contributed by atoms with Gasteiger partial charge in [-0.3, -0.25) is 9.10 Å². The number of likely N-dealkylation sites (N-methyl/N-ethyl adjacent to an activating group) is 1. The van der Waals surface area contributed by atoms with Gasteiger partial charge in [0.1, 0.15) is 5.82 Å². The standard InChI is InChI=1S/C29H31FN4O5S/c1-33(2)16-17-34(40(3,38)39)23-12-10-22(11-13-23)31-28(20-7-4-19(5-8-20)6-15-26(35)36)27-24-14-9-21(30)18-25(24)32-29(27)37/h4-5,7-14,18,32,37H,6,15-17H2,1-3H3,(H,35,36). The van der Waals surface area contributed by atoms with Gasteiger partial charge in [0, 0.05) is 30.5 Å². The van der Waals surface area contributed by atoms with E-state index < -0.39 is 21.8 Å². The second-order valence-electron chi connectivity index (χ2n) is 9.74. The van der Waals surface area contributed by atoms with Crippen molar-refractivity contribution in [1.29, 1.82) is 0 Å². The molecule has 0 saturated carbocycles. The molecule has 0 amide bonds. The van der Waals surface area contributed by atoms with Crippen molar-refractivity contribution in [1.82, 2.24) is 9.88 Å². The number of halogens is 1. The summed E-state index contributed by atoms with van der Waals surface area (Å²) in [5.41, 5.74) is 3.66. The number of H-pyrrole nitrogens is 1. The quantitative estimate of drug-likeness (QED) is 0.229. The minimum atomic E-state index is -3.51. The van der Waals surface area contributed by atoms with Gasteiger partial charge in [-0.1, -0.05) is 24.3 Å². The molecule has 0 aliphatic carbocycles. The molecule has 0 atom stereocenters. The highest BCUT2D eigenvalue weighted by Gasteiger charge is 2.20. The Hall–Kier alpha value is -4.22. The molecule has 0 bridgehead atoms. The number of carboxylic acid groups (broad SMARTS) is 1. The molecule has 0 aliphatic rings. The number of carbonyl (C=O) groups is 1. The number of rotatable bonds is 11. The van der Waals surface area contributed by atoms with Crippen molar-refractivity contribution in [2.75, 3.05) is 37.7 Å². The van der Waals surface area contributed by atoms with Gasteiger partial charge in [0.25, 0.3) is 0 Å². The van der Waals surface area contributed by atoms with Gasteiger partial charge in [-0.15, -0.1) is 0 Å². The fraction of sp³-hybridized carbons (Fsp3) is 0.241. The largest absolute Gasteiger partial charge is 0.494 e. The van der Waals surface area contributed by atoms with Crippen LogP contribution < -0.4 is 4.31 Å². The summed E-state index contributed by atoms with van der Waals surface area (Å²) in [4.78, 5) is 20.5. The number of nitrogens with zero attached hydrogens (tertiary/aromatic N) is 3. The van der Waals surface area contributed by atoms with E-state index in [1.807, 2.05) is 19.0 Å². The molecule has 0 radical (unpaired) electrons. The summed E-state index contributed by atoms with van der Waals surface area (Å²) >= 11 is 0. The van der Waals surface area contributed by atoms with E-state index in [0.717, 1.165) is 11.8 Å². The molecular formula is C29H31FN4O5S. The number of sulfonamides is 1. The third-order valence-electron chi connectivity index (χ3n) is 6.36. The first-order chi connectivity index (χ1) is 18.9. The molecular weight excluding hydrogens is 535 g/mol. The van der Waals surface area contributed by atoms with Gasteiger partial charge in [-0.25, -0.2) is 17.8 Å². The molecule has 0 fully saturated rings. The Kier molecular flexibility index (Phi) is 8.55. The highest BCUT2D eigenvalue weighted by Crippen LogP contribution is 2.32. The van der Waals surface area contributed by atoms with Crippen LogP contribution in [0.3, 0.4) is 0 Å². The zero-order valence-corrected chi connectivity index (χ0v) is 23.2. The average Bonchev–Trinajstić information content (AvgIpc) is 3.20. The summed E-state index contributed by atoms with van der Waals surface area (Å²) < 4.78 is 40.1. The number of fused-ring (bicyclic) bond motifs is 1. The second kappa shape index (κ2) is 11.9. The normalized spacial score (nSPS) is 12.3. The lowest BCUT2D eigenvalue weighted by atomic mass is 9.98. The van der Waals surface area contributed by atoms with Crippen LogP contribution in [-0.4, -0.2) is 73.6 Å². The van der Waals surface area contributed by atoms with E-state index in [4.69, 9.17) is 10.1 Å². The summed E-state index contributed by atoms with van der Waals surface area (Å²) in [6.45, 7) is 0.827. The lowest BCUT2D eigenvalue weighted by Gasteiger charge is -2.24. The summed E-state index contributed by atoms with van der Waals surface area (Å²) in [5, 5.41) is 20.4. The van der Waals surface area contributed by atoms with Gasteiger partial charge in [0.2, 0.25) is 10.0 Å². The molecule has 40 heavy (non-hydrogen) atoms. The minimum absolute atomic E-state index is 0.000479. The Labute approximate surface area is 232 Å². The topological polar surface area (TPSA) is 126 Å². The van der Waals surface area contributed by atoms with Gasteiger partial charge in [0.15, 0.2) is 5.88 Å². The number of aromatic nitrogens is 1. The fourth-order valence-electron chi connectivity index (χ4n) is 4.34. The lowest BCUT2D eigenvalue weighted by Crippen LogP contribution is -2.35. The van der Waals surface area contributed by atoms with E-state index in [1.54, 1.807) is 54.6 Å². The van der Waals surface area contributed by atoms with Crippen molar-refractivity contribution in [2.24, 2.45) is 4.99 Å². The number of aryl methyl sites for hydroxylation is 1. The van der Waals surface area contributed by atoms with Gasteiger partial charge >= 0.3 is 5.97 Å². The van der Waals surface area contributed by atoms with E-state index in [0.29, 0.717) is 52.1 Å². The fourth-order valence-corrected chi connectivity index (χ4v) is 5.26. The highest BCUT2D eigenvalue weighted by atomic mass is 32.2. The molecule has 11 heteroatoms. The van der Waals surface area contributed by atoms with Crippen LogP contribution in [-0.2, 0) is 21.2 Å². The van der Waals surface area contributed by atoms with Gasteiger partial charge in [-0.2, -0.15) is 0 Å². The van der Waals surface area contributed by atoms with Crippen LogP contribution in [0, 0.1) is 5.82 Å². The molecule has 4 aromatic rings. The number of aromatic hydroxyl groups is 1. The number of carboxylic acids is 1. The van der Waals surface area contributed by atoms with E-state index in [1.165, 1.54) is 16.4 Å². The predicted octanol–water partition coefficient (Wildman–Crippen LogP) is 4.53. The Morgan fingerprint density at radius 2 is 1.68 bits per heavy atom. The molecule has 0 aliphatic heterocycles. The Bertz CT molecular complexity index is 1650. The van der Waals surface area contributed by atoms with Crippen molar-refractivity contribution < 1.29 is 27.8 Å². The first kappa shape index (κ1) is 28.8. The zero-order chi connectivity index (χ0) is 29.0. The van der Waals surface area contributed by atoms with E-state index >= 15 is 0 Å². The van der Waals surface area contributed by atoms with Crippen molar-refractivity contribution >= 4 is 44.0 Å². The Morgan fingerprint density at radius 3 is 2.27 bits per heavy atom. The SMILES string of the molecule is CN(C)CCN(c1ccc(N=C(c2ccc(CCC(=O)O)cc2)c2c(O)[nH]c3cc(F)ccc23)cc1)S(C)(=O)=O. The summed E-state index contributed by atoms with van der Waals surface area (Å²) in [6.07, 6.45) is 1.53. The first-order valence-corrected chi connectivity index (χ1v) is 14.4. The summed E-state index contributed by atoms with van der Waals surface area (Å²) in [5.74, 6) is -1.53. The molecule has 210 valence electrons. The summed E-state index contributed by atoms with van der Waals surface area (Å²) in [6, 6.07) is 18.1. The number of aromatic amines is 1. The van der Waals surface area contributed by atoms with Crippen LogP contribution in [0.15, 0.2) is 71.7 Å². The molecule has 0 saturated heterocycles. The van der Waals surface area contributed by atoms with Crippen LogP contribution in [0.5, 0.6) is 5.88 Å². The summed E-state index contributed by atoms with van der Waals surface area (Å²) in [7, 11) is 0.227. The number of anilines is 1. The van der Waals surface area contributed by atoms with E-state index in [-0.39, 0.29) is 18.8 Å². The molecule has 0 unspecified atom stereocenters. The maximum atomic E-state index is 13.9. The number of nitrogens with one attached hydrogen (secondary N) is 1. The van der Waals surface area contributed by atoms with Crippen LogP contribution in [0.4, 0.5) is 15.8 Å². The number of hydrogen-bond acceptors (Lipinski definition) is 6. The number of hydrogen-bond donors (Lipinski definition) is 3. The Morgan fingerprint density at radius 1 is 1.00 bits per heavy atom. The third kappa shape index (κ3) is 6.85. The highest BCUT2D eigenvalue weighted by molar-refractivity contribution is 7.92. The van der Waals surface area contributed by atoms with E-state index in [2.05, 4.69) is 4.98 Å². The molecule has 9 nitrogen and oxygen atoms in total. The molecule has 4 rings (SSSR count). The first-order valence-electron chi connectivity index (χ1n) is 12.6. The smallest absolute Gasteiger partial charge is 0.303 e. The third-order valence-corrected chi connectivity index (χ3v) is 7.56. The maximum absolute atomic E-state index is 13.9. The number of aliphatic carboxylic acids is 1. The van der Waals surface area contributed by atoms with Crippen molar-refractivity contribution in [3.8, 4) is 5.88 Å². The molecule has 0 spiro atoms. The second-order valence-corrected chi connectivity index (χ2v) is 11.7. The average molecular weight is 567 g/mol. The van der Waals surface area contributed by atoms with Crippen molar-refractivity contribution in [3.05, 3.63) is 89.2 Å². The lowest BCUT2D eigenvalue weighted by molar-refractivity contribution is -0.136. The molecule has 3 aromatic carbocycles. The van der Waals surface area contributed by atoms with Crippen LogP contribution >= 0.6 is 0 Å². The van der Waals surface area contributed by atoms with Gasteiger partial charge < -0.3 is 20.1 Å². The number of aliphatic imine (C=N–C) groups is 1. The zero-order valence-electron chi connectivity index (χ0n) is 22.4. The minimum Gasteiger partial charge on any atom is -0.494 e. The van der Waals surface area contributed by atoms with Crippen LogP contribution in [0.2, 0.25) is 0 Å². The van der Waals surface area contributed by atoms with E-state index in [9.17, 15) is 22.7 Å². The van der Waals surface area contributed by atoms with Crippen LogP contribution in [0.25, 0.3) is 10.9 Å². The molecule has 3 N–H and O–H groups in total. The van der Waals surface area contributed by atoms with Gasteiger partial charge in [0.05, 0.1) is 34.4 Å². The number of benzene rings is 3. The Balaban J connectivity index is 1.78. The maximum Gasteiger partial charge on any atom is 0.303 e. The molecule has 1 heterocycles. The monoisotopic (exact) mass is 566 g/mol. The van der Waals surface area contributed by atoms with Crippen molar-refractivity contribution in [3.63, 3.8) is 0 Å².